The Morgan fingerprint density at radius 1 is 1.07 bits per heavy atom. The first-order valence-corrected chi connectivity index (χ1v) is 10.9. The van der Waals surface area contributed by atoms with Gasteiger partial charge in [-0.2, -0.15) is 0 Å². The minimum atomic E-state index is -0.342. The number of amides is 1. The Morgan fingerprint density at radius 3 is 2.57 bits per heavy atom. The average Bonchev–Trinajstić information content (AvgIpc) is 2.70. The number of para-hydroxylation sites is 1. The summed E-state index contributed by atoms with van der Waals surface area (Å²) in [5, 5.41) is 4.34. The Kier molecular flexibility index (Phi) is 6.53. The smallest absolute Gasteiger partial charge is 0.336 e. The third kappa shape index (κ3) is 5.10. The second-order valence-corrected chi connectivity index (χ2v) is 8.63. The number of hydrogen-bond acceptors (Lipinski definition) is 5. The fourth-order valence-corrected chi connectivity index (χ4v) is 4.16. The summed E-state index contributed by atoms with van der Waals surface area (Å²) >= 11 is 9.51. The van der Waals surface area contributed by atoms with Crippen LogP contribution in [0.3, 0.4) is 0 Å². The number of hydrogen-bond donors (Lipinski definition) is 1. The highest BCUT2D eigenvalue weighted by atomic mass is 79.9. The Balaban J connectivity index is 1.34. The second kappa shape index (κ2) is 9.31. The fourth-order valence-electron chi connectivity index (χ4n) is 3.64. The minimum Gasteiger partial charge on any atom is -0.423 e. The monoisotopic (exact) mass is 489 g/mol. The van der Waals surface area contributed by atoms with Crippen molar-refractivity contribution in [2.24, 2.45) is 0 Å². The molecule has 0 saturated carbocycles. The summed E-state index contributed by atoms with van der Waals surface area (Å²) in [5.41, 5.74) is 1.83. The lowest BCUT2D eigenvalue weighted by molar-refractivity contribution is -0.117. The van der Waals surface area contributed by atoms with Crippen molar-refractivity contribution < 1.29 is 9.21 Å². The number of benzene rings is 2. The molecule has 0 aliphatic carbocycles. The zero-order chi connectivity index (χ0) is 21.1. The van der Waals surface area contributed by atoms with E-state index in [2.05, 4.69) is 31.0 Å². The van der Waals surface area contributed by atoms with Gasteiger partial charge in [-0.05, 0) is 35.9 Å². The fraction of sp³-hybridized carbons (Fsp3) is 0.273. The van der Waals surface area contributed by atoms with Crippen molar-refractivity contribution in [3.05, 3.63) is 74.0 Å². The Labute approximate surface area is 187 Å². The molecule has 0 bridgehead atoms. The number of nitrogens with zero attached hydrogens (tertiary/aromatic N) is 2. The summed E-state index contributed by atoms with van der Waals surface area (Å²) in [6, 6.07) is 14.5. The van der Waals surface area contributed by atoms with Gasteiger partial charge in [0.05, 0.1) is 17.3 Å². The molecule has 3 aromatic rings. The van der Waals surface area contributed by atoms with Crippen LogP contribution in [0.25, 0.3) is 11.0 Å². The van der Waals surface area contributed by atoms with Crippen LogP contribution in [-0.4, -0.2) is 48.4 Å². The first-order chi connectivity index (χ1) is 14.5. The van der Waals surface area contributed by atoms with Crippen LogP contribution in [0.15, 0.2) is 62.2 Å². The van der Waals surface area contributed by atoms with Crippen molar-refractivity contribution in [1.29, 1.82) is 0 Å². The predicted molar refractivity (Wildman–Crippen MR) is 122 cm³/mol. The largest absolute Gasteiger partial charge is 0.423 e. The van der Waals surface area contributed by atoms with E-state index in [1.165, 1.54) is 0 Å². The highest BCUT2D eigenvalue weighted by Gasteiger charge is 2.20. The van der Waals surface area contributed by atoms with Gasteiger partial charge in [0.1, 0.15) is 5.58 Å². The van der Waals surface area contributed by atoms with E-state index in [9.17, 15) is 9.59 Å². The summed E-state index contributed by atoms with van der Waals surface area (Å²) < 4.78 is 6.20. The zero-order valence-electron chi connectivity index (χ0n) is 16.2. The van der Waals surface area contributed by atoms with Crippen LogP contribution >= 0.6 is 27.5 Å². The van der Waals surface area contributed by atoms with Crippen molar-refractivity contribution in [1.82, 2.24) is 9.80 Å². The number of carbonyl (C=O) groups excluding carboxylic acids is 1. The summed E-state index contributed by atoms with van der Waals surface area (Å²) in [6.45, 7) is 4.19. The van der Waals surface area contributed by atoms with Gasteiger partial charge < -0.3 is 9.73 Å². The lowest BCUT2D eigenvalue weighted by Gasteiger charge is -2.34. The molecule has 1 aromatic heterocycles. The molecule has 1 amide bonds. The molecule has 0 spiro atoms. The van der Waals surface area contributed by atoms with Crippen LogP contribution in [0, 0.1) is 0 Å². The molecular weight excluding hydrogens is 470 g/mol. The van der Waals surface area contributed by atoms with E-state index in [0.717, 1.165) is 41.6 Å². The van der Waals surface area contributed by atoms with Crippen LogP contribution < -0.4 is 10.9 Å². The Bertz CT molecular complexity index is 1130. The first-order valence-electron chi connectivity index (χ1n) is 9.69. The van der Waals surface area contributed by atoms with E-state index in [0.29, 0.717) is 29.4 Å². The molecule has 8 heteroatoms. The van der Waals surface area contributed by atoms with Gasteiger partial charge in [0.25, 0.3) is 0 Å². The normalized spacial score (nSPS) is 15.4. The molecular formula is C22H21BrClN3O3. The molecule has 0 radical (unpaired) electrons. The number of fused-ring (bicyclic) bond motifs is 1. The lowest BCUT2D eigenvalue weighted by atomic mass is 10.1. The molecule has 6 nitrogen and oxygen atoms in total. The number of rotatable bonds is 5. The van der Waals surface area contributed by atoms with Gasteiger partial charge in [0, 0.05) is 48.6 Å². The van der Waals surface area contributed by atoms with E-state index < -0.39 is 0 Å². The van der Waals surface area contributed by atoms with Gasteiger partial charge in [0.2, 0.25) is 5.91 Å². The number of nitrogens with one attached hydrogen (secondary N) is 1. The first kappa shape index (κ1) is 21.1. The van der Waals surface area contributed by atoms with Gasteiger partial charge >= 0.3 is 5.63 Å². The molecule has 1 N–H and O–H groups in total. The van der Waals surface area contributed by atoms with E-state index >= 15 is 0 Å². The van der Waals surface area contributed by atoms with Crippen molar-refractivity contribution in [2.75, 3.05) is 38.0 Å². The maximum atomic E-state index is 12.3. The van der Waals surface area contributed by atoms with Crippen LogP contribution in [0.5, 0.6) is 0 Å². The maximum absolute atomic E-state index is 12.3. The lowest BCUT2D eigenvalue weighted by Crippen LogP contribution is -2.48. The molecule has 2 heterocycles. The molecule has 2 aromatic carbocycles. The maximum Gasteiger partial charge on any atom is 0.336 e. The average molecular weight is 491 g/mol. The summed E-state index contributed by atoms with van der Waals surface area (Å²) in [5.74, 6) is -0.0752. The standard InChI is InChI=1S/C22H21BrClN3O3/c23-16-5-6-17-15(11-22(29)30-20(17)12-16)13-26-7-9-27(10-8-26)14-21(28)25-19-4-2-1-3-18(19)24/h1-6,11-12H,7-10,13-14H2,(H,25,28). The number of halogens is 2. The van der Waals surface area contributed by atoms with Gasteiger partial charge in [-0.25, -0.2) is 4.79 Å². The predicted octanol–water partition coefficient (Wildman–Crippen LogP) is 3.97. The van der Waals surface area contributed by atoms with Crippen LogP contribution in [0.4, 0.5) is 5.69 Å². The third-order valence-corrected chi connectivity index (χ3v) is 5.99. The van der Waals surface area contributed by atoms with Gasteiger partial charge in [-0.15, -0.1) is 0 Å². The minimum absolute atomic E-state index is 0.0752. The van der Waals surface area contributed by atoms with Crippen molar-refractivity contribution >= 4 is 50.1 Å². The molecule has 156 valence electrons. The van der Waals surface area contributed by atoms with E-state index in [1.54, 1.807) is 18.2 Å². The molecule has 1 aliphatic rings. The molecule has 30 heavy (non-hydrogen) atoms. The summed E-state index contributed by atoms with van der Waals surface area (Å²) in [6.07, 6.45) is 0. The molecule has 1 aliphatic heterocycles. The molecule has 4 rings (SSSR count). The zero-order valence-corrected chi connectivity index (χ0v) is 18.6. The number of anilines is 1. The third-order valence-electron chi connectivity index (χ3n) is 5.17. The van der Waals surface area contributed by atoms with Gasteiger partial charge in [0.15, 0.2) is 0 Å². The number of piperazine rings is 1. The summed E-state index contributed by atoms with van der Waals surface area (Å²) in [4.78, 5) is 28.7. The van der Waals surface area contributed by atoms with Gasteiger partial charge in [-0.1, -0.05) is 39.7 Å². The Hall–Kier alpha value is -2.19. The van der Waals surface area contributed by atoms with E-state index in [1.807, 2.05) is 30.3 Å². The number of carbonyl (C=O) groups is 1. The van der Waals surface area contributed by atoms with Crippen molar-refractivity contribution in [2.45, 2.75) is 6.54 Å². The molecule has 1 saturated heterocycles. The second-order valence-electron chi connectivity index (χ2n) is 7.31. The molecule has 1 fully saturated rings. The quantitative estimate of drug-likeness (QED) is 0.548. The topological polar surface area (TPSA) is 65.8 Å². The summed E-state index contributed by atoms with van der Waals surface area (Å²) in [7, 11) is 0. The SMILES string of the molecule is O=C(CN1CCN(Cc2cc(=O)oc3cc(Br)ccc23)CC1)Nc1ccccc1Cl. The van der Waals surface area contributed by atoms with Crippen LogP contribution in [0.1, 0.15) is 5.56 Å². The van der Waals surface area contributed by atoms with Crippen LogP contribution in [0.2, 0.25) is 5.02 Å². The van der Waals surface area contributed by atoms with Crippen LogP contribution in [-0.2, 0) is 11.3 Å². The van der Waals surface area contributed by atoms with E-state index in [4.69, 9.17) is 16.0 Å². The highest BCUT2D eigenvalue weighted by molar-refractivity contribution is 9.10. The van der Waals surface area contributed by atoms with Crippen molar-refractivity contribution in [3.8, 4) is 0 Å². The molecule has 0 unspecified atom stereocenters. The Morgan fingerprint density at radius 2 is 1.80 bits per heavy atom. The van der Waals surface area contributed by atoms with Gasteiger partial charge in [-0.3, -0.25) is 14.6 Å². The molecule has 0 atom stereocenters. The highest BCUT2D eigenvalue weighted by Crippen LogP contribution is 2.23. The van der Waals surface area contributed by atoms with E-state index in [-0.39, 0.29) is 11.5 Å². The van der Waals surface area contributed by atoms with Crippen molar-refractivity contribution in [3.63, 3.8) is 0 Å².